The van der Waals surface area contributed by atoms with Gasteiger partial charge in [-0.15, -0.1) is 0 Å². The fourth-order valence-corrected chi connectivity index (χ4v) is 5.16. The second-order valence-corrected chi connectivity index (χ2v) is 12.3. The van der Waals surface area contributed by atoms with E-state index in [9.17, 15) is 22.8 Å². The Hall–Kier alpha value is -5.57. The highest BCUT2D eigenvalue weighted by atomic mass is 19.4. The lowest BCUT2D eigenvalue weighted by Gasteiger charge is -2.28. The van der Waals surface area contributed by atoms with E-state index in [0.29, 0.717) is 35.3 Å². The van der Waals surface area contributed by atoms with Crippen LogP contribution in [0.5, 0.6) is 5.75 Å². The molecular formula is C37H42F3N5O7. The van der Waals surface area contributed by atoms with Gasteiger partial charge in [0.15, 0.2) is 12.2 Å². The SMILES string of the molecule is COc1cc(NC(=O)Nc2cccc(CNC(=O)OC(CCN(CC3CC3)C(C)C)c3ccccc3)c2)ccc1-c1cnco1.O=C(O)C(F)(F)F. The van der Waals surface area contributed by atoms with Crippen LogP contribution in [0.2, 0.25) is 0 Å². The number of benzene rings is 3. The van der Waals surface area contributed by atoms with E-state index in [-0.39, 0.29) is 12.6 Å². The molecule has 1 atom stereocenters. The van der Waals surface area contributed by atoms with Crippen LogP contribution in [0, 0.1) is 5.92 Å². The molecule has 15 heteroatoms. The topological polar surface area (TPSA) is 155 Å². The molecule has 4 N–H and O–H groups in total. The maximum atomic E-state index is 12.9. The Labute approximate surface area is 299 Å². The number of anilines is 2. The minimum Gasteiger partial charge on any atom is -0.496 e. The summed E-state index contributed by atoms with van der Waals surface area (Å²) in [6.45, 7) is 6.63. The number of alkyl halides is 3. The Morgan fingerprint density at radius 1 is 1.00 bits per heavy atom. The van der Waals surface area contributed by atoms with E-state index in [4.69, 9.17) is 23.8 Å². The molecule has 1 aliphatic carbocycles. The molecule has 278 valence electrons. The van der Waals surface area contributed by atoms with E-state index in [0.717, 1.165) is 35.7 Å². The Bertz CT molecular complexity index is 1750. The standard InChI is InChI=1S/C35H41N5O5.C2HF3O2/c1-24(2)40(22-25-12-13-25)17-16-31(27-9-5-4-6-10-27)45-35(42)37-20-26-8-7-11-28(18-26)38-34(41)39-29-14-15-30(32(19-29)43-3)33-21-36-23-44-33;3-2(4,5)1(6)7/h4-11,14-15,18-19,21,23-25,31H,12-13,16-17,20,22H2,1-3H3,(H,37,42)(H2,38,39,41);(H,6,7). The van der Waals surface area contributed by atoms with Crippen LogP contribution < -0.4 is 20.7 Å². The lowest BCUT2D eigenvalue weighted by atomic mass is 10.1. The molecule has 1 unspecified atom stereocenters. The lowest BCUT2D eigenvalue weighted by molar-refractivity contribution is -0.192. The van der Waals surface area contributed by atoms with Crippen LogP contribution in [0.15, 0.2) is 89.8 Å². The van der Waals surface area contributed by atoms with E-state index in [1.165, 1.54) is 19.2 Å². The molecule has 0 spiro atoms. The maximum Gasteiger partial charge on any atom is 0.490 e. The quantitative estimate of drug-likeness (QED) is 0.101. The first-order valence-electron chi connectivity index (χ1n) is 16.6. The van der Waals surface area contributed by atoms with Crippen LogP contribution >= 0.6 is 0 Å². The summed E-state index contributed by atoms with van der Waals surface area (Å²) in [5, 5.41) is 15.7. The summed E-state index contributed by atoms with van der Waals surface area (Å²) in [5.41, 5.74) is 3.64. The summed E-state index contributed by atoms with van der Waals surface area (Å²) in [6, 6.07) is 22.4. The number of nitrogens with zero attached hydrogens (tertiary/aromatic N) is 2. The highest BCUT2D eigenvalue weighted by Gasteiger charge is 2.38. The molecule has 1 fully saturated rings. The highest BCUT2D eigenvalue weighted by molar-refractivity contribution is 6.00. The van der Waals surface area contributed by atoms with Gasteiger partial charge < -0.3 is 39.8 Å². The average molecular weight is 726 g/mol. The molecule has 5 rings (SSSR count). The van der Waals surface area contributed by atoms with Gasteiger partial charge in [-0.3, -0.25) is 0 Å². The van der Waals surface area contributed by atoms with Gasteiger partial charge in [0.05, 0.1) is 18.9 Å². The normalized spacial score (nSPS) is 13.1. The number of aromatic nitrogens is 1. The molecule has 0 radical (unpaired) electrons. The van der Waals surface area contributed by atoms with Crippen LogP contribution in [0.1, 0.15) is 50.3 Å². The van der Waals surface area contributed by atoms with Crippen molar-refractivity contribution in [3.63, 3.8) is 0 Å². The number of urea groups is 1. The number of carboxylic acids is 1. The number of carboxylic acid groups (broad SMARTS) is 1. The van der Waals surface area contributed by atoms with Crippen LogP contribution in [0.4, 0.5) is 34.1 Å². The average Bonchev–Trinajstić information content (AvgIpc) is 3.77. The predicted octanol–water partition coefficient (Wildman–Crippen LogP) is 8.11. The van der Waals surface area contributed by atoms with Gasteiger partial charge in [-0.25, -0.2) is 19.4 Å². The number of alkyl carbamates (subject to hydrolysis) is 1. The van der Waals surface area contributed by atoms with Crippen molar-refractivity contribution in [1.82, 2.24) is 15.2 Å². The number of nitrogens with one attached hydrogen (secondary N) is 3. The molecule has 1 aromatic heterocycles. The summed E-state index contributed by atoms with van der Waals surface area (Å²) in [5.74, 6) is -0.861. The molecule has 1 aliphatic rings. The Balaban J connectivity index is 0.000000785. The zero-order chi connectivity index (χ0) is 37.7. The summed E-state index contributed by atoms with van der Waals surface area (Å²) in [6.07, 6.45) is 0.344. The molecule has 12 nitrogen and oxygen atoms in total. The number of rotatable bonds is 14. The van der Waals surface area contributed by atoms with Gasteiger partial charge in [-0.2, -0.15) is 13.2 Å². The van der Waals surface area contributed by atoms with Crippen LogP contribution in [0.3, 0.4) is 0 Å². The number of carbonyl (C=O) groups is 3. The number of aliphatic carboxylic acids is 1. The van der Waals surface area contributed by atoms with Crippen molar-refractivity contribution in [3.8, 4) is 17.1 Å². The number of amides is 3. The molecule has 1 saturated carbocycles. The van der Waals surface area contributed by atoms with Gasteiger partial charge in [-0.05, 0) is 68.0 Å². The molecule has 4 aromatic rings. The number of oxazole rings is 1. The number of ether oxygens (including phenoxy) is 2. The molecule has 3 amide bonds. The van der Waals surface area contributed by atoms with Gasteiger partial charge in [0.2, 0.25) is 0 Å². The first kappa shape index (κ1) is 39.2. The van der Waals surface area contributed by atoms with E-state index < -0.39 is 24.3 Å². The second-order valence-electron chi connectivity index (χ2n) is 12.3. The first-order chi connectivity index (χ1) is 24.8. The fourth-order valence-electron chi connectivity index (χ4n) is 5.16. The number of carbonyl (C=O) groups excluding carboxylic acids is 2. The maximum absolute atomic E-state index is 12.9. The zero-order valence-corrected chi connectivity index (χ0v) is 29.0. The van der Waals surface area contributed by atoms with Crippen molar-refractivity contribution in [2.45, 2.75) is 58.0 Å². The predicted molar refractivity (Wildman–Crippen MR) is 188 cm³/mol. The summed E-state index contributed by atoms with van der Waals surface area (Å²) in [7, 11) is 1.55. The largest absolute Gasteiger partial charge is 0.496 e. The molecule has 3 aromatic carbocycles. The van der Waals surface area contributed by atoms with Gasteiger partial charge in [0, 0.05) is 49.5 Å². The number of halogens is 3. The van der Waals surface area contributed by atoms with Gasteiger partial charge in [0.25, 0.3) is 0 Å². The van der Waals surface area contributed by atoms with Crippen molar-refractivity contribution in [2.75, 3.05) is 30.8 Å². The van der Waals surface area contributed by atoms with Gasteiger partial charge in [-0.1, -0.05) is 42.5 Å². The Kier molecular flexibility index (Phi) is 14.0. The van der Waals surface area contributed by atoms with Crippen molar-refractivity contribution < 1.29 is 46.6 Å². The third-order valence-corrected chi connectivity index (χ3v) is 8.04. The third-order valence-electron chi connectivity index (χ3n) is 8.04. The van der Waals surface area contributed by atoms with Gasteiger partial charge in [0.1, 0.15) is 11.9 Å². The minimum absolute atomic E-state index is 0.248. The van der Waals surface area contributed by atoms with Crippen molar-refractivity contribution in [3.05, 3.63) is 96.5 Å². The number of hydrogen-bond acceptors (Lipinski definition) is 8. The van der Waals surface area contributed by atoms with E-state index in [2.05, 4.69) is 39.7 Å². The lowest BCUT2D eigenvalue weighted by Crippen LogP contribution is -2.35. The zero-order valence-electron chi connectivity index (χ0n) is 29.0. The van der Waals surface area contributed by atoms with E-state index >= 15 is 0 Å². The van der Waals surface area contributed by atoms with Crippen molar-refractivity contribution in [2.24, 2.45) is 5.92 Å². The third kappa shape index (κ3) is 12.6. The van der Waals surface area contributed by atoms with Crippen molar-refractivity contribution >= 4 is 29.5 Å². The van der Waals surface area contributed by atoms with Crippen LogP contribution in [0.25, 0.3) is 11.3 Å². The number of methoxy groups -OCH3 is 1. The minimum atomic E-state index is -5.08. The highest BCUT2D eigenvalue weighted by Crippen LogP contribution is 2.33. The second kappa shape index (κ2) is 18.6. The van der Waals surface area contributed by atoms with Gasteiger partial charge >= 0.3 is 24.3 Å². The fraction of sp³-hybridized carbons (Fsp3) is 0.351. The van der Waals surface area contributed by atoms with E-state index in [1.54, 1.807) is 43.6 Å². The summed E-state index contributed by atoms with van der Waals surface area (Å²) in [4.78, 5) is 41.0. The van der Waals surface area contributed by atoms with E-state index in [1.807, 2.05) is 42.5 Å². The van der Waals surface area contributed by atoms with Crippen LogP contribution in [-0.4, -0.2) is 65.5 Å². The Morgan fingerprint density at radius 3 is 2.29 bits per heavy atom. The smallest absolute Gasteiger partial charge is 0.490 e. The number of hydrogen-bond donors (Lipinski definition) is 4. The van der Waals surface area contributed by atoms with Crippen LogP contribution in [-0.2, 0) is 16.1 Å². The first-order valence-corrected chi connectivity index (χ1v) is 16.6. The Morgan fingerprint density at radius 2 is 1.69 bits per heavy atom. The molecule has 0 saturated heterocycles. The molecular weight excluding hydrogens is 683 g/mol. The molecule has 0 bridgehead atoms. The van der Waals surface area contributed by atoms with Crippen molar-refractivity contribution in [1.29, 1.82) is 0 Å². The molecule has 52 heavy (non-hydrogen) atoms. The summed E-state index contributed by atoms with van der Waals surface area (Å²) < 4.78 is 48.5. The summed E-state index contributed by atoms with van der Waals surface area (Å²) >= 11 is 0. The monoisotopic (exact) mass is 725 g/mol. The molecule has 1 heterocycles. The molecule has 0 aliphatic heterocycles.